The number of aryl methyl sites for hydroxylation is 1. The highest BCUT2D eigenvalue weighted by atomic mass is 32.2. The Bertz CT molecular complexity index is 1250. The third-order valence-electron chi connectivity index (χ3n) is 5.22. The highest BCUT2D eigenvalue weighted by Gasteiger charge is 2.24. The molecule has 0 fully saturated rings. The van der Waals surface area contributed by atoms with E-state index in [2.05, 4.69) is 14.9 Å². The predicted molar refractivity (Wildman–Crippen MR) is 123 cm³/mol. The number of thioether (sulfide) groups is 1. The summed E-state index contributed by atoms with van der Waals surface area (Å²) in [5, 5.41) is 8.42. The molecule has 0 radical (unpaired) electrons. The molecule has 1 unspecified atom stereocenters. The summed E-state index contributed by atoms with van der Waals surface area (Å²) >= 11 is 1.34. The first-order valence-electron chi connectivity index (χ1n) is 10.3. The normalized spacial score (nSPS) is 12.2. The van der Waals surface area contributed by atoms with Crippen molar-refractivity contribution < 1.29 is 18.3 Å². The minimum absolute atomic E-state index is 0.0281. The van der Waals surface area contributed by atoms with Crippen LogP contribution >= 0.6 is 11.8 Å². The van der Waals surface area contributed by atoms with Gasteiger partial charge in [-0.25, -0.2) is 0 Å². The van der Waals surface area contributed by atoms with E-state index in [0.717, 1.165) is 22.8 Å². The van der Waals surface area contributed by atoms with E-state index in [1.165, 1.54) is 23.9 Å². The number of nitrogens with zero attached hydrogens (tertiary/aromatic N) is 4. The minimum Gasteiger partial charge on any atom is -0.435 e. The molecule has 0 N–H and O–H groups in total. The fourth-order valence-corrected chi connectivity index (χ4v) is 4.60. The molecule has 170 valence electrons. The molecule has 2 aromatic heterocycles. The molecule has 0 aliphatic carbocycles. The molecule has 0 saturated heterocycles. The third-order valence-corrected chi connectivity index (χ3v) is 6.28. The SMILES string of the molecule is Cc1cc(C(=O)C(C)Sc2nncn2-c2ccccc2)c(C)n1-c1ccc(OC(F)F)cc1. The number of carbonyl (C=O) groups is 1. The van der Waals surface area contributed by atoms with Crippen molar-refractivity contribution >= 4 is 17.5 Å². The van der Waals surface area contributed by atoms with Crippen molar-refractivity contribution in [3.8, 4) is 17.1 Å². The van der Waals surface area contributed by atoms with E-state index >= 15 is 0 Å². The Balaban J connectivity index is 1.56. The number of benzene rings is 2. The van der Waals surface area contributed by atoms with Crippen LogP contribution in [0.3, 0.4) is 0 Å². The molecule has 0 aliphatic rings. The summed E-state index contributed by atoms with van der Waals surface area (Å²) in [6.45, 7) is 2.74. The van der Waals surface area contributed by atoms with Gasteiger partial charge in [-0.1, -0.05) is 30.0 Å². The number of halogens is 2. The Labute approximate surface area is 194 Å². The van der Waals surface area contributed by atoms with Crippen LogP contribution in [0.2, 0.25) is 0 Å². The lowest BCUT2D eigenvalue weighted by Crippen LogP contribution is -2.15. The van der Waals surface area contributed by atoms with E-state index in [0.29, 0.717) is 10.7 Å². The maximum absolute atomic E-state index is 13.3. The van der Waals surface area contributed by atoms with Crippen LogP contribution in [0.25, 0.3) is 11.4 Å². The van der Waals surface area contributed by atoms with Crippen molar-refractivity contribution in [1.82, 2.24) is 19.3 Å². The van der Waals surface area contributed by atoms with E-state index in [1.807, 2.05) is 66.3 Å². The second-order valence-electron chi connectivity index (χ2n) is 7.44. The predicted octanol–water partition coefficient (Wildman–Crippen LogP) is 5.64. The summed E-state index contributed by atoms with van der Waals surface area (Å²) < 4.78 is 33.0. The van der Waals surface area contributed by atoms with Crippen molar-refractivity contribution in [2.75, 3.05) is 0 Å². The van der Waals surface area contributed by atoms with Crippen LogP contribution < -0.4 is 4.74 Å². The highest BCUT2D eigenvalue weighted by molar-refractivity contribution is 8.00. The fourth-order valence-electron chi connectivity index (χ4n) is 3.69. The standard InChI is InChI=1S/C24H22F2N4O2S/c1-15-13-21(16(2)30(15)19-9-11-20(12-10-19)32-23(25)26)22(31)17(3)33-24-28-27-14-29(24)18-7-5-4-6-8-18/h4-14,17,23H,1-3H3. The van der Waals surface area contributed by atoms with Gasteiger partial charge in [-0.05, 0) is 63.2 Å². The quantitative estimate of drug-likeness (QED) is 0.247. The van der Waals surface area contributed by atoms with Gasteiger partial charge >= 0.3 is 6.61 Å². The molecule has 33 heavy (non-hydrogen) atoms. The van der Waals surface area contributed by atoms with Gasteiger partial charge in [0.1, 0.15) is 12.1 Å². The monoisotopic (exact) mass is 468 g/mol. The number of rotatable bonds is 8. The zero-order valence-electron chi connectivity index (χ0n) is 18.3. The smallest absolute Gasteiger partial charge is 0.387 e. The Kier molecular flexibility index (Phi) is 6.60. The van der Waals surface area contributed by atoms with Crippen molar-refractivity contribution in [3.63, 3.8) is 0 Å². The van der Waals surface area contributed by atoms with Crippen molar-refractivity contribution in [1.29, 1.82) is 0 Å². The molecule has 0 saturated carbocycles. The van der Waals surface area contributed by atoms with Crippen LogP contribution in [0.1, 0.15) is 28.7 Å². The number of hydrogen-bond acceptors (Lipinski definition) is 5. The van der Waals surface area contributed by atoms with E-state index in [9.17, 15) is 13.6 Å². The van der Waals surface area contributed by atoms with Crippen molar-refractivity contribution in [3.05, 3.63) is 83.9 Å². The van der Waals surface area contributed by atoms with Crippen LogP contribution in [-0.4, -0.2) is 37.0 Å². The highest BCUT2D eigenvalue weighted by Crippen LogP contribution is 2.29. The molecular weight excluding hydrogens is 446 g/mol. The van der Waals surface area contributed by atoms with Gasteiger partial charge in [0.2, 0.25) is 0 Å². The van der Waals surface area contributed by atoms with E-state index in [4.69, 9.17) is 0 Å². The number of Topliss-reactive ketones (excluding diaryl/α,β-unsaturated/α-hetero) is 1. The number of ether oxygens (including phenoxy) is 1. The second-order valence-corrected chi connectivity index (χ2v) is 8.74. The maximum Gasteiger partial charge on any atom is 0.387 e. The van der Waals surface area contributed by atoms with Gasteiger partial charge in [0.05, 0.1) is 5.25 Å². The number of ketones is 1. The molecule has 9 heteroatoms. The first-order valence-corrected chi connectivity index (χ1v) is 11.1. The molecular formula is C24H22F2N4O2S. The molecule has 0 amide bonds. The maximum atomic E-state index is 13.3. The van der Waals surface area contributed by atoms with E-state index in [1.54, 1.807) is 18.5 Å². The number of alkyl halides is 2. The lowest BCUT2D eigenvalue weighted by atomic mass is 10.1. The summed E-state index contributed by atoms with van der Waals surface area (Å²) in [6, 6.07) is 17.9. The summed E-state index contributed by atoms with van der Waals surface area (Å²) in [5.74, 6) is 0.0553. The van der Waals surface area contributed by atoms with Gasteiger partial charge in [-0.15, -0.1) is 10.2 Å². The van der Waals surface area contributed by atoms with Crippen molar-refractivity contribution in [2.24, 2.45) is 0 Å². The topological polar surface area (TPSA) is 61.9 Å². The molecule has 0 spiro atoms. The second kappa shape index (κ2) is 9.58. The Morgan fingerprint density at radius 2 is 1.73 bits per heavy atom. The van der Waals surface area contributed by atoms with Crippen molar-refractivity contribution in [2.45, 2.75) is 37.8 Å². The first-order chi connectivity index (χ1) is 15.8. The van der Waals surface area contributed by atoms with Crippen LogP contribution in [0.5, 0.6) is 5.75 Å². The zero-order chi connectivity index (χ0) is 23.5. The molecule has 1 atom stereocenters. The summed E-state index contributed by atoms with van der Waals surface area (Å²) in [5.41, 5.74) is 3.92. The number of hydrogen-bond donors (Lipinski definition) is 0. The largest absolute Gasteiger partial charge is 0.435 e. The molecule has 0 bridgehead atoms. The van der Waals surface area contributed by atoms with Gasteiger partial charge in [0, 0.05) is 28.3 Å². The lowest BCUT2D eigenvalue weighted by molar-refractivity contribution is -0.0498. The summed E-state index contributed by atoms with van der Waals surface area (Å²) in [4.78, 5) is 13.3. The van der Waals surface area contributed by atoms with Gasteiger partial charge in [0.25, 0.3) is 0 Å². The first kappa shape index (κ1) is 22.7. The van der Waals surface area contributed by atoms with Crippen LogP contribution in [0.4, 0.5) is 8.78 Å². The number of aromatic nitrogens is 4. The molecule has 4 aromatic rings. The van der Waals surface area contributed by atoms with Gasteiger partial charge < -0.3 is 9.30 Å². The average Bonchev–Trinajstić information content (AvgIpc) is 3.38. The number of para-hydroxylation sites is 1. The summed E-state index contributed by atoms with van der Waals surface area (Å²) in [7, 11) is 0. The zero-order valence-corrected chi connectivity index (χ0v) is 19.1. The Morgan fingerprint density at radius 3 is 2.39 bits per heavy atom. The Morgan fingerprint density at radius 1 is 1.03 bits per heavy atom. The average molecular weight is 469 g/mol. The molecule has 6 nitrogen and oxygen atoms in total. The fraction of sp³-hybridized carbons (Fsp3) is 0.208. The van der Waals surface area contributed by atoms with Gasteiger partial charge in [0.15, 0.2) is 10.9 Å². The lowest BCUT2D eigenvalue weighted by Gasteiger charge is -2.13. The Hall–Kier alpha value is -3.46. The van der Waals surface area contributed by atoms with Crippen LogP contribution in [0, 0.1) is 13.8 Å². The van der Waals surface area contributed by atoms with E-state index < -0.39 is 11.9 Å². The summed E-state index contributed by atoms with van der Waals surface area (Å²) in [6.07, 6.45) is 1.63. The third kappa shape index (κ3) is 4.83. The van der Waals surface area contributed by atoms with E-state index in [-0.39, 0.29) is 11.5 Å². The number of carbonyl (C=O) groups excluding carboxylic acids is 1. The minimum atomic E-state index is -2.87. The molecule has 2 heterocycles. The van der Waals surface area contributed by atoms with Gasteiger partial charge in [-0.3, -0.25) is 9.36 Å². The molecule has 2 aromatic carbocycles. The van der Waals surface area contributed by atoms with Crippen LogP contribution in [0.15, 0.2) is 72.1 Å². The van der Waals surface area contributed by atoms with Crippen LogP contribution in [-0.2, 0) is 0 Å². The van der Waals surface area contributed by atoms with Gasteiger partial charge in [-0.2, -0.15) is 8.78 Å². The molecule has 4 rings (SSSR count). The molecule has 0 aliphatic heterocycles.